The van der Waals surface area contributed by atoms with Crippen LogP contribution >= 0.6 is 11.8 Å². The summed E-state index contributed by atoms with van der Waals surface area (Å²) < 4.78 is 10.6. The molecule has 0 atom stereocenters. The summed E-state index contributed by atoms with van der Waals surface area (Å²) in [6.45, 7) is 2.08. The van der Waals surface area contributed by atoms with E-state index < -0.39 is 0 Å². The maximum Gasteiger partial charge on any atom is 0.338 e. The lowest BCUT2D eigenvalue weighted by Crippen LogP contribution is -2.12. The van der Waals surface area contributed by atoms with Crippen LogP contribution in [0, 0.1) is 0 Å². The normalized spacial score (nSPS) is 10.5. The molecule has 1 heterocycles. The van der Waals surface area contributed by atoms with E-state index in [2.05, 4.69) is 15.5 Å². The van der Waals surface area contributed by atoms with E-state index in [9.17, 15) is 9.59 Å². The summed E-state index contributed by atoms with van der Waals surface area (Å²) in [6, 6.07) is 16.2. The highest BCUT2D eigenvalue weighted by Crippen LogP contribution is 2.23. The van der Waals surface area contributed by atoms with Crippen molar-refractivity contribution in [2.45, 2.75) is 25.0 Å². The second-order valence-electron chi connectivity index (χ2n) is 6.04. The molecule has 8 heteroatoms. The van der Waals surface area contributed by atoms with Gasteiger partial charge in [0, 0.05) is 23.4 Å². The smallest absolute Gasteiger partial charge is 0.338 e. The highest BCUT2D eigenvalue weighted by atomic mass is 32.2. The molecule has 0 aliphatic rings. The zero-order valence-electron chi connectivity index (χ0n) is 16.0. The Bertz CT molecular complexity index is 942. The van der Waals surface area contributed by atoms with E-state index in [1.165, 1.54) is 11.8 Å². The Morgan fingerprint density at radius 2 is 1.83 bits per heavy atom. The van der Waals surface area contributed by atoms with Gasteiger partial charge in [-0.05, 0) is 49.7 Å². The van der Waals surface area contributed by atoms with E-state index in [0.29, 0.717) is 47.6 Å². The monoisotopic (exact) mass is 411 g/mol. The molecule has 2 aromatic carbocycles. The van der Waals surface area contributed by atoms with Gasteiger partial charge in [-0.3, -0.25) is 4.79 Å². The highest BCUT2D eigenvalue weighted by Gasteiger charge is 2.10. The number of aromatic nitrogens is 2. The zero-order chi connectivity index (χ0) is 20.5. The molecule has 0 saturated carbocycles. The average Bonchev–Trinajstić information content (AvgIpc) is 3.22. The number of benzene rings is 2. The molecule has 0 spiro atoms. The van der Waals surface area contributed by atoms with Crippen LogP contribution in [0.15, 0.2) is 64.2 Å². The minimum Gasteiger partial charge on any atom is -0.462 e. The number of carbonyl (C=O) groups excluding carboxylic acids is 2. The third-order valence-electron chi connectivity index (χ3n) is 3.88. The summed E-state index contributed by atoms with van der Waals surface area (Å²) in [6.07, 6.45) is 1.03. The summed E-state index contributed by atoms with van der Waals surface area (Å²) in [5.74, 6) is 0.701. The SMILES string of the molecule is CCOC(=O)c1ccc(NC(=O)CCCSc2nnc(-c3ccccc3)o2)cc1. The molecular weight excluding hydrogens is 390 g/mol. The van der Waals surface area contributed by atoms with Crippen molar-refractivity contribution in [1.29, 1.82) is 0 Å². The van der Waals surface area contributed by atoms with Crippen LogP contribution in [0.4, 0.5) is 5.69 Å². The number of esters is 1. The van der Waals surface area contributed by atoms with Crippen molar-refractivity contribution >= 4 is 29.3 Å². The second-order valence-corrected chi connectivity index (χ2v) is 7.08. The van der Waals surface area contributed by atoms with Crippen LogP contribution in [-0.4, -0.2) is 34.4 Å². The molecule has 0 unspecified atom stereocenters. The Kier molecular flexibility index (Phi) is 7.40. The van der Waals surface area contributed by atoms with Crippen LogP contribution in [0.1, 0.15) is 30.1 Å². The van der Waals surface area contributed by atoms with Crippen molar-refractivity contribution in [1.82, 2.24) is 10.2 Å². The van der Waals surface area contributed by atoms with Crippen molar-refractivity contribution in [3.63, 3.8) is 0 Å². The van der Waals surface area contributed by atoms with E-state index in [1.807, 2.05) is 30.3 Å². The predicted molar refractivity (Wildman–Crippen MR) is 111 cm³/mol. The van der Waals surface area contributed by atoms with Gasteiger partial charge in [0.1, 0.15) is 0 Å². The van der Waals surface area contributed by atoms with Crippen LogP contribution in [-0.2, 0) is 9.53 Å². The van der Waals surface area contributed by atoms with Gasteiger partial charge in [0.2, 0.25) is 11.8 Å². The first-order valence-electron chi connectivity index (χ1n) is 9.24. The fourth-order valence-corrected chi connectivity index (χ4v) is 3.18. The van der Waals surface area contributed by atoms with Gasteiger partial charge < -0.3 is 14.5 Å². The zero-order valence-corrected chi connectivity index (χ0v) is 16.8. The number of hydrogen-bond donors (Lipinski definition) is 1. The Labute approximate surface area is 172 Å². The largest absolute Gasteiger partial charge is 0.462 e. The van der Waals surface area contributed by atoms with Crippen LogP contribution in [0.25, 0.3) is 11.5 Å². The first-order chi connectivity index (χ1) is 14.2. The third-order valence-corrected chi connectivity index (χ3v) is 4.79. The van der Waals surface area contributed by atoms with E-state index in [-0.39, 0.29) is 11.9 Å². The minimum absolute atomic E-state index is 0.0926. The van der Waals surface area contributed by atoms with Gasteiger partial charge in [-0.2, -0.15) is 0 Å². The standard InChI is InChI=1S/C21H21N3O4S/c1-2-27-20(26)16-10-12-17(13-11-16)22-18(25)9-6-14-29-21-24-23-19(28-21)15-7-4-3-5-8-15/h3-5,7-8,10-13H,2,6,9,14H2,1H3,(H,22,25). The maximum atomic E-state index is 12.1. The summed E-state index contributed by atoms with van der Waals surface area (Å²) in [5, 5.41) is 11.4. The quantitative estimate of drug-likeness (QED) is 0.316. The molecule has 0 bridgehead atoms. The van der Waals surface area contributed by atoms with E-state index in [1.54, 1.807) is 31.2 Å². The number of anilines is 1. The number of amides is 1. The Morgan fingerprint density at radius 1 is 1.07 bits per heavy atom. The van der Waals surface area contributed by atoms with Crippen molar-refractivity contribution in [2.75, 3.05) is 17.7 Å². The lowest BCUT2D eigenvalue weighted by atomic mass is 10.2. The topological polar surface area (TPSA) is 94.3 Å². The van der Waals surface area contributed by atoms with E-state index in [0.717, 1.165) is 5.56 Å². The fraction of sp³-hybridized carbons (Fsp3) is 0.238. The predicted octanol–water partition coefficient (Wildman–Crippen LogP) is 4.42. The first-order valence-corrected chi connectivity index (χ1v) is 10.2. The average molecular weight is 411 g/mol. The molecule has 3 aromatic rings. The molecule has 1 N–H and O–H groups in total. The van der Waals surface area contributed by atoms with Crippen molar-refractivity contribution in [3.05, 3.63) is 60.2 Å². The molecule has 0 aliphatic heterocycles. The lowest BCUT2D eigenvalue weighted by molar-refractivity contribution is -0.116. The molecule has 1 amide bonds. The number of thioether (sulfide) groups is 1. The number of nitrogens with one attached hydrogen (secondary N) is 1. The lowest BCUT2D eigenvalue weighted by Gasteiger charge is -2.06. The number of nitrogens with zero attached hydrogens (tertiary/aromatic N) is 2. The Hall–Kier alpha value is -3.13. The van der Waals surface area contributed by atoms with E-state index in [4.69, 9.17) is 9.15 Å². The Morgan fingerprint density at radius 3 is 2.55 bits per heavy atom. The summed E-state index contributed by atoms with van der Waals surface area (Å²) in [4.78, 5) is 23.7. The maximum absolute atomic E-state index is 12.1. The van der Waals surface area contributed by atoms with Crippen LogP contribution < -0.4 is 5.32 Å². The third kappa shape index (κ3) is 6.18. The molecule has 1 aromatic heterocycles. The van der Waals surface area contributed by atoms with Crippen molar-refractivity contribution < 1.29 is 18.7 Å². The Balaban J connectivity index is 1.39. The molecule has 7 nitrogen and oxygen atoms in total. The molecule has 0 saturated heterocycles. The first kappa shape index (κ1) is 20.6. The molecule has 0 radical (unpaired) electrons. The van der Waals surface area contributed by atoms with Crippen molar-refractivity contribution in [2.24, 2.45) is 0 Å². The van der Waals surface area contributed by atoms with E-state index >= 15 is 0 Å². The molecule has 29 heavy (non-hydrogen) atoms. The van der Waals surface area contributed by atoms with Gasteiger partial charge in [-0.1, -0.05) is 30.0 Å². The van der Waals surface area contributed by atoms with Gasteiger partial charge in [0.25, 0.3) is 5.22 Å². The van der Waals surface area contributed by atoms with Gasteiger partial charge >= 0.3 is 5.97 Å². The fourth-order valence-electron chi connectivity index (χ4n) is 2.49. The van der Waals surface area contributed by atoms with Crippen LogP contribution in [0.5, 0.6) is 0 Å². The number of rotatable bonds is 9. The molecule has 0 fully saturated rings. The summed E-state index contributed by atoms with van der Waals surface area (Å²) in [7, 11) is 0. The minimum atomic E-state index is -0.376. The molecule has 0 aliphatic carbocycles. The number of carbonyl (C=O) groups is 2. The summed E-state index contributed by atoms with van der Waals surface area (Å²) >= 11 is 1.42. The van der Waals surface area contributed by atoms with Gasteiger partial charge in [0.15, 0.2) is 0 Å². The summed E-state index contributed by atoms with van der Waals surface area (Å²) in [5.41, 5.74) is 1.97. The highest BCUT2D eigenvalue weighted by molar-refractivity contribution is 7.99. The molecule has 3 rings (SSSR count). The van der Waals surface area contributed by atoms with Gasteiger partial charge in [0.05, 0.1) is 12.2 Å². The van der Waals surface area contributed by atoms with Crippen molar-refractivity contribution in [3.8, 4) is 11.5 Å². The van der Waals surface area contributed by atoms with Gasteiger partial charge in [-0.25, -0.2) is 4.79 Å². The van der Waals surface area contributed by atoms with Crippen LogP contribution in [0.3, 0.4) is 0 Å². The van der Waals surface area contributed by atoms with Gasteiger partial charge in [-0.15, -0.1) is 10.2 Å². The van der Waals surface area contributed by atoms with Crippen LogP contribution in [0.2, 0.25) is 0 Å². The molecular formula is C21H21N3O4S. The molecule has 150 valence electrons. The number of ether oxygens (including phenoxy) is 1. The second kappa shape index (κ2) is 10.4. The number of hydrogen-bond acceptors (Lipinski definition) is 7.